The summed E-state index contributed by atoms with van der Waals surface area (Å²) in [5, 5.41) is 16.9. The van der Waals surface area contributed by atoms with Gasteiger partial charge in [0.2, 0.25) is 0 Å². The number of hydrogen-bond donors (Lipinski definition) is 1. The predicted octanol–water partition coefficient (Wildman–Crippen LogP) is 3.93. The summed E-state index contributed by atoms with van der Waals surface area (Å²) in [7, 11) is -4.83. The Bertz CT molecular complexity index is 868. The van der Waals surface area contributed by atoms with Crippen molar-refractivity contribution in [3.8, 4) is 5.75 Å². The van der Waals surface area contributed by atoms with Crippen molar-refractivity contribution in [3.63, 3.8) is 0 Å². The third kappa shape index (κ3) is 3.66. The number of azo groups is 1. The van der Waals surface area contributed by atoms with E-state index in [4.69, 9.17) is 11.6 Å². The van der Waals surface area contributed by atoms with Crippen LogP contribution in [0.4, 0.5) is 15.3 Å². The maximum atomic E-state index is 12.9. The van der Waals surface area contributed by atoms with Gasteiger partial charge in [0.05, 0.1) is 22.0 Å². The second-order valence-corrected chi connectivity index (χ2v) is 5.87. The Balaban J connectivity index is 2.37. The summed E-state index contributed by atoms with van der Waals surface area (Å²) in [4.78, 5) is 10.2. The van der Waals surface area contributed by atoms with Crippen molar-refractivity contribution < 1.29 is 22.2 Å². The second-order valence-electron chi connectivity index (χ2n) is 4.12. The van der Waals surface area contributed by atoms with Gasteiger partial charge in [-0.15, -0.1) is 3.89 Å². The highest BCUT2D eigenvalue weighted by Crippen LogP contribution is 2.32. The van der Waals surface area contributed by atoms with E-state index in [2.05, 4.69) is 10.2 Å². The molecule has 2 rings (SSSR count). The first-order valence-corrected chi connectivity index (χ1v) is 7.51. The number of benzene rings is 2. The SMILES string of the molecule is O=Cc1cc(N=Nc2cccc(S(=O)(=O)F)c2)cc(Cl)c1O. The normalized spacial score (nSPS) is 11.7. The molecule has 2 aromatic rings. The van der Waals surface area contributed by atoms with Gasteiger partial charge in [0.1, 0.15) is 10.6 Å². The molecule has 0 bridgehead atoms. The van der Waals surface area contributed by atoms with E-state index in [1.807, 2.05) is 0 Å². The van der Waals surface area contributed by atoms with Crippen LogP contribution in [0.25, 0.3) is 0 Å². The number of hydrogen-bond acceptors (Lipinski definition) is 6. The number of carbonyl (C=O) groups excluding carboxylic acids is 1. The number of rotatable bonds is 4. The fourth-order valence-electron chi connectivity index (χ4n) is 1.57. The lowest BCUT2D eigenvalue weighted by atomic mass is 10.2. The third-order valence-electron chi connectivity index (χ3n) is 2.58. The van der Waals surface area contributed by atoms with Crippen molar-refractivity contribution in [2.24, 2.45) is 10.2 Å². The van der Waals surface area contributed by atoms with E-state index in [-0.39, 0.29) is 27.7 Å². The number of phenolic OH excluding ortho intramolecular Hbond substituents is 1. The minimum atomic E-state index is -4.83. The molecule has 2 aromatic carbocycles. The van der Waals surface area contributed by atoms with Crippen molar-refractivity contribution in [1.82, 2.24) is 0 Å². The van der Waals surface area contributed by atoms with Gasteiger partial charge in [-0.05, 0) is 30.3 Å². The quantitative estimate of drug-likeness (QED) is 0.517. The standard InChI is InChI=1S/C13H8ClFN2O4S/c14-12-6-10(4-8(7-18)13(12)19)17-16-9-2-1-3-11(5-9)22(15,20)21/h1-7,19H. The lowest BCUT2D eigenvalue weighted by Crippen LogP contribution is -1.90. The van der Waals surface area contributed by atoms with Crippen LogP contribution < -0.4 is 0 Å². The summed E-state index contributed by atoms with van der Waals surface area (Å²) in [5.74, 6) is -0.374. The van der Waals surface area contributed by atoms with Crippen LogP contribution in [0, 0.1) is 0 Å². The first kappa shape index (κ1) is 16.1. The van der Waals surface area contributed by atoms with E-state index >= 15 is 0 Å². The van der Waals surface area contributed by atoms with Gasteiger partial charge in [0, 0.05) is 0 Å². The zero-order valence-electron chi connectivity index (χ0n) is 10.8. The van der Waals surface area contributed by atoms with Crippen LogP contribution in [0.15, 0.2) is 51.5 Å². The molecule has 22 heavy (non-hydrogen) atoms. The van der Waals surface area contributed by atoms with E-state index in [1.165, 1.54) is 24.3 Å². The Hall–Kier alpha value is -2.32. The molecule has 0 heterocycles. The number of nitrogens with zero attached hydrogens (tertiary/aromatic N) is 2. The molecular formula is C13H8ClFN2O4S. The fourth-order valence-corrected chi connectivity index (χ4v) is 2.29. The molecule has 0 unspecified atom stereocenters. The van der Waals surface area contributed by atoms with Gasteiger partial charge in [0.25, 0.3) is 0 Å². The monoisotopic (exact) mass is 342 g/mol. The van der Waals surface area contributed by atoms with Crippen LogP contribution in [-0.4, -0.2) is 19.8 Å². The summed E-state index contributed by atoms with van der Waals surface area (Å²) < 4.78 is 34.5. The van der Waals surface area contributed by atoms with Gasteiger partial charge in [-0.2, -0.15) is 18.6 Å². The van der Waals surface area contributed by atoms with Crippen molar-refractivity contribution >= 4 is 39.5 Å². The summed E-state index contributed by atoms with van der Waals surface area (Å²) >= 11 is 5.73. The minimum Gasteiger partial charge on any atom is -0.506 e. The maximum absolute atomic E-state index is 12.9. The molecule has 0 radical (unpaired) electrons. The average molecular weight is 343 g/mol. The lowest BCUT2D eigenvalue weighted by Gasteiger charge is -2.01. The first-order valence-electron chi connectivity index (χ1n) is 5.75. The Morgan fingerprint density at radius 3 is 2.45 bits per heavy atom. The van der Waals surface area contributed by atoms with E-state index < -0.39 is 15.1 Å². The Kier molecular flexibility index (Phi) is 4.53. The summed E-state index contributed by atoms with van der Waals surface area (Å²) in [6, 6.07) is 7.32. The largest absolute Gasteiger partial charge is 0.506 e. The van der Waals surface area contributed by atoms with Gasteiger partial charge < -0.3 is 5.11 Å². The first-order chi connectivity index (χ1) is 10.3. The number of phenols is 1. The molecule has 0 aliphatic heterocycles. The molecule has 0 spiro atoms. The highest BCUT2D eigenvalue weighted by atomic mass is 35.5. The predicted molar refractivity (Wildman–Crippen MR) is 77.4 cm³/mol. The maximum Gasteiger partial charge on any atom is 0.332 e. The second kappa shape index (κ2) is 6.20. The molecular weight excluding hydrogens is 335 g/mol. The topological polar surface area (TPSA) is 96.2 Å². The van der Waals surface area contributed by atoms with Crippen LogP contribution >= 0.6 is 11.6 Å². The molecule has 0 fully saturated rings. The van der Waals surface area contributed by atoms with Crippen molar-refractivity contribution in [1.29, 1.82) is 0 Å². The van der Waals surface area contributed by atoms with Gasteiger partial charge in [-0.25, -0.2) is 0 Å². The van der Waals surface area contributed by atoms with Crippen molar-refractivity contribution in [2.45, 2.75) is 4.90 Å². The highest BCUT2D eigenvalue weighted by Gasteiger charge is 2.12. The fraction of sp³-hybridized carbons (Fsp3) is 0. The van der Waals surface area contributed by atoms with Crippen molar-refractivity contribution in [2.75, 3.05) is 0 Å². The van der Waals surface area contributed by atoms with Crippen LogP contribution in [0.2, 0.25) is 5.02 Å². The lowest BCUT2D eigenvalue weighted by molar-refractivity contribution is 0.112. The summed E-state index contributed by atoms with van der Waals surface area (Å²) in [6.07, 6.45) is 0.399. The van der Waals surface area contributed by atoms with Gasteiger partial charge in [-0.3, -0.25) is 4.79 Å². The van der Waals surface area contributed by atoms with Crippen molar-refractivity contribution in [3.05, 3.63) is 47.0 Å². The highest BCUT2D eigenvalue weighted by molar-refractivity contribution is 7.86. The summed E-state index contributed by atoms with van der Waals surface area (Å²) in [6.45, 7) is 0. The van der Waals surface area contributed by atoms with E-state index in [0.717, 1.165) is 12.1 Å². The molecule has 6 nitrogen and oxygen atoms in total. The van der Waals surface area contributed by atoms with Crippen LogP contribution in [-0.2, 0) is 10.2 Å². The Labute approximate surface area is 130 Å². The van der Waals surface area contributed by atoms with Crippen LogP contribution in [0.5, 0.6) is 5.75 Å². The molecule has 0 saturated heterocycles. The average Bonchev–Trinajstić information content (AvgIpc) is 2.47. The zero-order chi connectivity index (χ0) is 16.3. The van der Waals surface area contributed by atoms with Crippen LogP contribution in [0.1, 0.15) is 10.4 Å². The molecule has 114 valence electrons. The Morgan fingerprint density at radius 1 is 1.14 bits per heavy atom. The smallest absolute Gasteiger partial charge is 0.332 e. The Morgan fingerprint density at radius 2 is 1.82 bits per heavy atom. The molecule has 0 aromatic heterocycles. The van der Waals surface area contributed by atoms with Gasteiger partial charge >= 0.3 is 10.2 Å². The van der Waals surface area contributed by atoms with Gasteiger partial charge in [0.15, 0.2) is 6.29 Å². The zero-order valence-corrected chi connectivity index (χ0v) is 12.3. The minimum absolute atomic E-state index is 0.0680. The molecule has 0 amide bonds. The van der Waals surface area contributed by atoms with E-state index in [9.17, 15) is 22.2 Å². The van der Waals surface area contributed by atoms with Crippen LogP contribution in [0.3, 0.4) is 0 Å². The number of aromatic hydroxyl groups is 1. The summed E-state index contributed by atoms with van der Waals surface area (Å²) in [5.41, 5.74) is 0.190. The van der Waals surface area contributed by atoms with E-state index in [0.29, 0.717) is 6.29 Å². The number of carbonyl (C=O) groups is 1. The number of aldehydes is 1. The van der Waals surface area contributed by atoms with E-state index in [1.54, 1.807) is 0 Å². The molecule has 0 aliphatic carbocycles. The number of halogens is 2. The molecule has 0 aliphatic rings. The molecule has 0 saturated carbocycles. The molecule has 9 heteroatoms. The van der Waals surface area contributed by atoms with Gasteiger partial charge in [-0.1, -0.05) is 17.7 Å². The third-order valence-corrected chi connectivity index (χ3v) is 3.69. The molecule has 1 N–H and O–H groups in total. The molecule has 0 atom stereocenters.